The van der Waals surface area contributed by atoms with Crippen LogP contribution in [0.2, 0.25) is 0 Å². The molecule has 0 unspecified atom stereocenters. The van der Waals surface area contributed by atoms with Crippen molar-refractivity contribution in [3.05, 3.63) is 59.7 Å². The molecule has 1 heterocycles. The number of hydrogen-bond donors (Lipinski definition) is 0. The topological polar surface area (TPSA) is 59.1 Å². The zero-order valence-electron chi connectivity index (χ0n) is 19.8. The summed E-state index contributed by atoms with van der Waals surface area (Å²) in [5.74, 6) is 1.17. The van der Waals surface area contributed by atoms with E-state index in [-0.39, 0.29) is 30.5 Å². The van der Waals surface area contributed by atoms with E-state index in [4.69, 9.17) is 9.47 Å². The minimum Gasteiger partial charge on any atom is -0.493 e. The van der Waals surface area contributed by atoms with E-state index < -0.39 is 6.04 Å². The van der Waals surface area contributed by atoms with Gasteiger partial charge >= 0.3 is 0 Å². The third kappa shape index (κ3) is 5.15. The van der Waals surface area contributed by atoms with Gasteiger partial charge in [0.25, 0.3) is 5.91 Å². The molecule has 1 atom stereocenters. The quantitative estimate of drug-likeness (QED) is 0.612. The van der Waals surface area contributed by atoms with Crippen molar-refractivity contribution < 1.29 is 19.1 Å². The molecule has 0 radical (unpaired) electrons. The lowest BCUT2D eigenvalue weighted by Gasteiger charge is -2.44. The molecule has 1 aliphatic heterocycles. The molecule has 6 heteroatoms. The van der Waals surface area contributed by atoms with Crippen LogP contribution < -0.4 is 9.47 Å². The van der Waals surface area contributed by atoms with Crippen LogP contribution in [0.4, 0.5) is 0 Å². The molecule has 0 spiro atoms. The second-order valence-electron chi connectivity index (χ2n) is 9.24. The van der Waals surface area contributed by atoms with Gasteiger partial charge in [0, 0.05) is 12.6 Å². The summed E-state index contributed by atoms with van der Waals surface area (Å²) in [6.45, 7) is 4.46. The summed E-state index contributed by atoms with van der Waals surface area (Å²) in [5, 5.41) is 0. The minimum atomic E-state index is -0.685. The van der Waals surface area contributed by atoms with Crippen LogP contribution in [0.15, 0.2) is 48.5 Å². The highest BCUT2D eigenvalue weighted by molar-refractivity contribution is 5.96. The Balaban J connectivity index is 1.71. The lowest BCUT2D eigenvalue weighted by Crippen LogP contribution is -2.58. The molecular formula is C27H34N2O4. The van der Waals surface area contributed by atoms with Gasteiger partial charge in [0.1, 0.15) is 12.6 Å². The predicted octanol–water partition coefficient (Wildman–Crippen LogP) is 4.73. The highest BCUT2D eigenvalue weighted by Crippen LogP contribution is 2.37. The summed E-state index contributed by atoms with van der Waals surface area (Å²) < 4.78 is 11.4. The van der Waals surface area contributed by atoms with Crippen molar-refractivity contribution in [2.24, 2.45) is 0 Å². The fourth-order valence-electron chi connectivity index (χ4n) is 4.94. The highest BCUT2D eigenvalue weighted by Gasteiger charge is 2.43. The number of amides is 2. The van der Waals surface area contributed by atoms with Gasteiger partial charge in [-0.3, -0.25) is 9.59 Å². The Morgan fingerprint density at radius 1 is 0.970 bits per heavy atom. The monoisotopic (exact) mass is 450 g/mol. The van der Waals surface area contributed by atoms with Crippen LogP contribution in [-0.4, -0.2) is 47.4 Å². The summed E-state index contributed by atoms with van der Waals surface area (Å²) in [6, 6.07) is 14.9. The Labute approximate surface area is 196 Å². The molecule has 176 valence electrons. The number of nitrogens with zero attached hydrogens (tertiary/aromatic N) is 2. The third-order valence-corrected chi connectivity index (χ3v) is 6.53. The number of rotatable bonds is 7. The van der Waals surface area contributed by atoms with Crippen molar-refractivity contribution in [2.45, 2.75) is 70.7 Å². The Hall–Kier alpha value is -3.02. The second-order valence-corrected chi connectivity index (χ2v) is 9.24. The first kappa shape index (κ1) is 23.1. The Bertz CT molecular complexity index is 969. The third-order valence-electron chi connectivity index (χ3n) is 6.53. The lowest BCUT2D eigenvalue weighted by molar-refractivity contribution is -0.160. The number of carbonyl (C=O) groups excluding carboxylic acids is 2. The van der Waals surface area contributed by atoms with Crippen molar-refractivity contribution in [3.63, 3.8) is 0 Å². The Kier molecular flexibility index (Phi) is 7.21. The van der Waals surface area contributed by atoms with Crippen molar-refractivity contribution >= 4 is 11.8 Å². The molecule has 0 bridgehead atoms. The van der Waals surface area contributed by atoms with Gasteiger partial charge in [-0.1, -0.05) is 55.7 Å². The number of benzene rings is 2. The molecule has 2 fully saturated rings. The van der Waals surface area contributed by atoms with Gasteiger partial charge in [0.2, 0.25) is 5.91 Å². The standard InChI is InChI=1S/C27H34N2O4/c1-19(2)33-23-15-14-21(16-24(23)32-3)26-27(31)28(22-12-8-5-9-13-22)18-25(30)29(26)17-20-10-6-4-7-11-20/h4,6-7,10-11,14-16,19,22,26H,5,8-9,12-13,17-18H2,1-3H3/t26-/m1/s1. The van der Waals surface area contributed by atoms with E-state index >= 15 is 0 Å². The molecular weight excluding hydrogens is 416 g/mol. The molecule has 6 nitrogen and oxygen atoms in total. The molecule has 33 heavy (non-hydrogen) atoms. The molecule has 1 saturated carbocycles. The van der Waals surface area contributed by atoms with E-state index in [0.717, 1.165) is 36.8 Å². The first-order chi connectivity index (χ1) is 16.0. The van der Waals surface area contributed by atoms with Gasteiger partial charge in [-0.15, -0.1) is 0 Å². The number of methoxy groups -OCH3 is 1. The van der Waals surface area contributed by atoms with Gasteiger partial charge in [-0.25, -0.2) is 0 Å². The second kappa shape index (κ2) is 10.3. The van der Waals surface area contributed by atoms with Gasteiger partial charge in [-0.2, -0.15) is 0 Å². The van der Waals surface area contributed by atoms with Crippen LogP contribution in [0.25, 0.3) is 0 Å². The highest BCUT2D eigenvalue weighted by atomic mass is 16.5. The molecule has 2 aromatic rings. The number of piperazine rings is 1. The normalized spacial score (nSPS) is 19.8. The van der Waals surface area contributed by atoms with Crippen LogP contribution >= 0.6 is 0 Å². The molecule has 2 aliphatic rings. The number of hydrogen-bond acceptors (Lipinski definition) is 4. The van der Waals surface area contributed by atoms with E-state index in [1.807, 2.05) is 67.3 Å². The van der Waals surface area contributed by atoms with Gasteiger partial charge in [-0.05, 0) is 49.9 Å². The maximum atomic E-state index is 13.9. The van der Waals surface area contributed by atoms with Gasteiger partial charge in [0.05, 0.1) is 13.2 Å². The fraction of sp³-hybridized carbons (Fsp3) is 0.481. The zero-order chi connectivity index (χ0) is 23.4. The van der Waals surface area contributed by atoms with Crippen LogP contribution in [0.3, 0.4) is 0 Å². The van der Waals surface area contributed by atoms with Crippen LogP contribution in [0.1, 0.15) is 63.1 Å². The molecule has 2 aromatic carbocycles. The van der Waals surface area contributed by atoms with Crippen molar-refractivity contribution in [2.75, 3.05) is 13.7 Å². The summed E-state index contributed by atoms with van der Waals surface area (Å²) in [5.41, 5.74) is 1.75. The fourth-order valence-corrected chi connectivity index (χ4v) is 4.94. The SMILES string of the molecule is COc1cc([C@@H]2C(=O)N(C3CCCCC3)CC(=O)N2Cc2ccccc2)ccc1OC(C)C. The van der Waals surface area contributed by atoms with Gasteiger partial charge in [0.15, 0.2) is 11.5 Å². The Morgan fingerprint density at radius 3 is 2.36 bits per heavy atom. The number of ether oxygens (including phenoxy) is 2. The van der Waals surface area contributed by atoms with E-state index in [9.17, 15) is 9.59 Å². The summed E-state index contributed by atoms with van der Waals surface area (Å²) in [6.07, 6.45) is 5.35. The van der Waals surface area contributed by atoms with E-state index in [2.05, 4.69) is 0 Å². The van der Waals surface area contributed by atoms with E-state index in [0.29, 0.717) is 18.0 Å². The van der Waals surface area contributed by atoms with Gasteiger partial charge < -0.3 is 19.3 Å². The maximum absolute atomic E-state index is 13.9. The summed E-state index contributed by atoms with van der Waals surface area (Å²) >= 11 is 0. The number of carbonyl (C=O) groups is 2. The zero-order valence-corrected chi connectivity index (χ0v) is 19.8. The average molecular weight is 451 g/mol. The summed E-state index contributed by atoms with van der Waals surface area (Å²) in [4.78, 5) is 30.9. The van der Waals surface area contributed by atoms with E-state index in [1.54, 1.807) is 12.0 Å². The van der Waals surface area contributed by atoms with Crippen molar-refractivity contribution in [1.29, 1.82) is 0 Å². The van der Waals surface area contributed by atoms with E-state index in [1.165, 1.54) is 6.42 Å². The van der Waals surface area contributed by atoms with Crippen LogP contribution in [0.5, 0.6) is 11.5 Å². The molecule has 4 rings (SSSR count). The van der Waals surface area contributed by atoms with Crippen LogP contribution in [0, 0.1) is 0 Å². The largest absolute Gasteiger partial charge is 0.493 e. The predicted molar refractivity (Wildman–Crippen MR) is 127 cm³/mol. The minimum absolute atomic E-state index is 0.000914. The molecule has 2 amide bonds. The molecule has 0 N–H and O–H groups in total. The van der Waals surface area contributed by atoms with Crippen molar-refractivity contribution in [3.8, 4) is 11.5 Å². The molecule has 0 aromatic heterocycles. The molecule has 1 aliphatic carbocycles. The smallest absolute Gasteiger partial charge is 0.250 e. The van der Waals surface area contributed by atoms with Crippen LogP contribution in [-0.2, 0) is 16.1 Å². The molecule has 1 saturated heterocycles. The lowest BCUT2D eigenvalue weighted by atomic mass is 9.91. The first-order valence-electron chi connectivity index (χ1n) is 12.0. The average Bonchev–Trinajstić information content (AvgIpc) is 2.83. The maximum Gasteiger partial charge on any atom is 0.250 e. The first-order valence-corrected chi connectivity index (χ1v) is 12.0. The summed E-state index contributed by atoms with van der Waals surface area (Å²) in [7, 11) is 1.59. The Morgan fingerprint density at radius 2 is 1.70 bits per heavy atom. The van der Waals surface area contributed by atoms with Crippen molar-refractivity contribution in [1.82, 2.24) is 9.80 Å².